The summed E-state index contributed by atoms with van der Waals surface area (Å²) in [6.07, 6.45) is 17.3. The molecular formula is C16H30O3. The SMILES string of the molecule is COC(CCCCC=CC=CCCCCCO)OC. The van der Waals surface area contributed by atoms with Gasteiger partial charge in [0.15, 0.2) is 6.29 Å². The van der Waals surface area contributed by atoms with Gasteiger partial charge in [0, 0.05) is 20.8 Å². The molecule has 0 radical (unpaired) electrons. The molecule has 0 unspecified atom stereocenters. The van der Waals surface area contributed by atoms with Crippen LogP contribution < -0.4 is 0 Å². The van der Waals surface area contributed by atoms with E-state index in [0.29, 0.717) is 6.61 Å². The van der Waals surface area contributed by atoms with Gasteiger partial charge in [0.25, 0.3) is 0 Å². The third kappa shape index (κ3) is 13.6. The number of aliphatic hydroxyl groups is 1. The Kier molecular flexibility index (Phi) is 14.9. The van der Waals surface area contributed by atoms with E-state index in [1.165, 1.54) is 12.8 Å². The second kappa shape index (κ2) is 15.4. The summed E-state index contributed by atoms with van der Waals surface area (Å²) >= 11 is 0. The Labute approximate surface area is 118 Å². The fraction of sp³-hybridized carbons (Fsp3) is 0.750. The van der Waals surface area contributed by atoms with Crippen molar-refractivity contribution in [2.24, 2.45) is 0 Å². The zero-order valence-corrected chi connectivity index (χ0v) is 12.5. The average molecular weight is 270 g/mol. The molecule has 0 bridgehead atoms. The normalized spacial score (nSPS) is 12.2. The fourth-order valence-corrected chi connectivity index (χ4v) is 1.81. The number of rotatable bonds is 13. The van der Waals surface area contributed by atoms with Crippen LogP contribution in [0.15, 0.2) is 24.3 Å². The summed E-state index contributed by atoms with van der Waals surface area (Å²) in [5.74, 6) is 0. The summed E-state index contributed by atoms with van der Waals surface area (Å²) in [4.78, 5) is 0. The van der Waals surface area contributed by atoms with Gasteiger partial charge in [-0.3, -0.25) is 0 Å². The maximum absolute atomic E-state index is 8.63. The summed E-state index contributed by atoms with van der Waals surface area (Å²) in [6.45, 7) is 0.316. The second-order valence-electron chi connectivity index (χ2n) is 4.61. The molecule has 0 amide bonds. The molecular weight excluding hydrogens is 240 g/mol. The van der Waals surface area contributed by atoms with Crippen LogP contribution in [0.5, 0.6) is 0 Å². The lowest BCUT2D eigenvalue weighted by Gasteiger charge is -2.11. The summed E-state index contributed by atoms with van der Waals surface area (Å²) < 4.78 is 10.3. The number of methoxy groups -OCH3 is 2. The van der Waals surface area contributed by atoms with Crippen LogP contribution in [-0.2, 0) is 9.47 Å². The summed E-state index contributed by atoms with van der Waals surface area (Å²) in [6, 6.07) is 0. The van der Waals surface area contributed by atoms with Crippen molar-refractivity contribution >= 4 is 0 Å². The largest absolute Gasteiger partial charge is 0.396 e. The maximum atomic E-state index is 8.63. The molecule has 0 fully saturated rings. The Hall–Kier alpha value is -0.640. The number of hydrogen-bond acceptors (Lipinski definition) is 3. The van der Waals surface area contributed by atoms with Crippen molar-refractivity contribution in [2.45, 2.75) is 57.7 Å². The maximum Gasteiger partial charge on any atom is 0.156 e. The van der Waals surface area contributed by atoms with Gasteiger partial charge in [-0.15, -0.1) is 0 Å². The van der Waals surface area contributed by atoms with E-state index in [-0.39, 0.29) is 6.29 Å². The lowest BCUT2D eigenvalue weighted by atomic mass is 10.1. The molecule has 0 rings (SSSR count). The topological polar surface area (TPSA) is 38.7 Å². The Bertz CT molecular complexity index is 220. The van der Waals surface area contributed by atoms with E-state index in [4.69, 9.17) is 14.6 Å². The molecule has 0 atom stereocenters. The molecule has 0 aliphatic heterocycles. The number of allylic oxidation sites excluding steroid dienone is 4. The molecule has 0 heterocycles. The molecule has 0 saturated heterocycles. The molecule has 0 aliphatic rings. The van der Waals surface area contributed by atoms with Gasteiger partial charge in [-0.1, -0.05) is 30.7 Å². The minimum Gasteiger partial charge on any atom is -0.396 e. The van der Waals surface area contributed by atoms with Gasteiger partial charge in [0.1, 0.15) is 0 Å². The van der Waals surface area contributed by atoms with Crippen LogP contribution in [0.2, 0.25) is 0 Å². The predicted octanol–water partition coefficient (Wildman–Crippen LogP) is 3.83. The molecule has 0 aromatic carbocycles. The Morgan fingerprint density at radius 1 is 0.842 bits per heavy atom. The lowest BCUT2D eigenvalue weighted by molar-refractivity contribution is -0.107. The summed E-state index contributed by atoms with van der Waals surface area (Å²) in [5.41, 5.74) is 0. The highest BCUT2D eigenvalue weighted by molar-refractivity contribution is 5.02. The van der Waals surface area contributed by atoms with Crippen LogP contribution >= 0.6 is 0 Å². The highest BCUT2D eigenvalue weighted by Gasteiger charge is 2.02. The average Bonchev–Trinajstić information content (AvgIpc) is 2.44. The van der Waals surface area contributed by atoms with Gasteiger partial charge < -0.3 is 14.6 Å². The fourth-order valence-electron chi connectivity index (χ4n) is 1.81. The summed E-state index contributed by atoms with van der Waals surface area (Å²) in [7, 11) is 3.36. The molecule has 1 N–H and O–H groups in total. The van der Waals surface area contributed by atoms with E-state index in [1.807, 2.05) is 0 Å². The predicted molar refractivity (Wildman–Crippen MR) is 80.1 cm³/mol. The van der Waals surface area contributed by atoms with Crippen LogP contribution in [0, 0.1) is 0 Å². The van der Waals surface area contributed by atoms with Gasteiger partial charge in [0.05, 0.1) is 0 Å². The summed E-state index contributed by atoms with van der Waals surface area (Å²) in [5, 5.41) is 8.63. The zero-order chi connectivity index (χ0) is 14.2. The Morgan fingerprint density at radius 2 is 1.42 bits per heavy atom. The van der Waals surface area contributed by atoms with E-state index < -0.39 is 0 Å². The van der Waals surface area contributed by atoms with E-state index in [1.54, 1.807) is 14.2 Å². The van der Waals surface area contributed by atoms with Crippen molar-refractivity contribution in [1.29, 1.82) is 0 Å². The van der Waals surface area contributed by atoms with Crippen molar-refractivity contribution in [1.82, 2.24) is 0 Å². The third-order valence-electron chi connectivity index (χ3n) is 3.00. The monoisotopic (exact) mass is 270 g/mol. The lowest BCUT2D eigenvalue weighted by Crippen LogP contribution is -2.12. The number of unbranched alkanes of at least 4 members (excludes halogenated alkanes) is 5. The minimum absolute atomic E-state index is 0.0530. The Balaban J connectivity index is 3.31. The van der Waals surface area contributed by atoms with Crippen molar-refractivity contribution in [3.8, 4) is 0 Å². The first kappa shape index (κ1) is 18.4. The van der Waals surface area contributed by atoms with Crippen LogP contribution in [0.4, 0.5) is 0 Å². The number of hydrogen-bond donors (Lipinski definition) is 1. The van der Waals surface area contributed by atoms with Crippen molar-refractivity contribution in [2.75, 3.05) is 20.8 Å². The van der Waals surface area contributed by atoms with Gasteiger partial charge >= 0.3 is 0 Å². The van der Waals surface area contributed by atoms with E-state index in [9.17, 15) is 0 Å². The van der Waals surface area contributed by atoms with E-state index in [0.717, 1.165) is 38.5 Å². The molecule has 0 saturated carbocycles. The van der Waals surface area contributed by atoms with Crippen LogP contribution in [0.25, 0.3) is 0 Å². The number of aliphatic hydroxyl groups excluding tert-OH is 1. The molecule has 0 spiro atoms. The van der Waals surface area contributed by atoms with Gasteiger partial charge in [-0.05, 0) is 44.9 Å². The first-order valence-electron chi connectivity index (χ1n) is 7.33. The third-order valence-corrected chi connectivity index (χ3v) is 3.00. The van der Waals surface area contributed by atoms with E-state index in [2.05, 4.69) is 24.3 Å². The molecule has 0 aromatic rings. The smallest absolute Gasteiger partial charge is 0.156 e. The van der Waals surface area contributed by atoms with Crippen LogP contribution in [0.3, 0.4) is 0 Å². The van der Waals surface area contributed by atoms with Crippen LogP contribution in [0.1, 0.15) is 51.4 Å². The molecule has 112 valence electrons. The highest BCUT2D eigenvalue weighted by Crippen LogP contribution is 2.07. The van der Waals surface area contributed by atoms with E-state index >= 15 is 0 Å². The molecule has 0 aromatic heterocycles. The highest BCUT2D eigenvalue weighted by atomic mass is 16.7. The van der Waals surface area contributed by atoms with Gasteiger partial charge in [0.2, 0.25) is 0 Å². The second-order valence-corrected chi connectivity index (χ2v) is 4.61. The molecule has 3 nitrogen and oxygen atoms in total. The zero-order valence-electron chi connectivity index (χ0n) is 12.5. The van der Waals surface area contributed by atoms with Crippen molar-refractivity contribution in [3.63, 3.8) is 0 Å². The van der Waals surface area contributed by atoms with Crippen LogP contribution in [-0.4, -0.2) is 32.2 Å². The Morgan fingerprint density at radius 3 is 1.95 bits per heavy atom. The number of ether oxygens (including phenoxy) is 2. The first-order valence-corrected chi connectivity index (χ1v) is 7.33. The first-order chi connectivity index (χ1) is 9.35. The molecule has 0 aliphatic carbocycles. The molecule has 19 heavy (non-hydrogen) atoms. The minimum atomic E-state index is -0.0530. The van der Waals surface area contributed by atoms with Crippen molar-refractivity contribution < 1.29 is 14.6 Å². The molecule has 3 heteroatoms. The standard InChI is InChI=1S/C16H30O3/c1-18-16(19-2)14-12-10-8-6-4-3-5-7-9-11-13-15-17/h3-6,16-17H,7-15H2,1-2H3. The van der Waals surface area contributed by atoms with Gasteiger partial charge in [-0.2, -0.15) is 0 Å². The van der Waals surface area contributed by atoms with Crippen molar-refractivity contribution in [3.05, 3.63) is 24.3 Å². The quantitative estimate of drug-likeness (QED) is 0.314. The van der Waals surface area contributed by atoms with Gasteiger partial charge in [-0.25, -0.2) is 0 Å².